The Morgan fingerprint density at radius 3 is 1.29 bits per heavy atom. The van der Waals surface area contributed by atoms with Crippen LogP contribution in [0.4, 0.5) is 0 Å². The molecule has 0 N–H and O–H groups in total. The van der Waals surface area contributed by atoms with Gasteiger partial charge in [-0.05, 0) is 58.4 Å². The Balaban J connectivity index is 2.04. The van der Waals surface area contributed by atoms with E-state index in [1.807, 2.05) is 0 Å². The minimum absolute atomic E-state index is 1.27. The molecule has 0 aliphatic heterocycles. The Bertz CT molecular complexity index is 873. The molecule has 0 unspecified atom stereocenters. The molecule has 4 rings (SSSR count). The van der Waals surface area contributed by atoms with Crippen molar-refractivity contribution in [3.8, 4) is 33.4 Å². The van der Waals surface area contributed by atoms with Crippen molar-refractivity contribution in [2.24, 2.45) is 0 Å². The first-order valence-electron chi connectivity index (χ1n) is 8.39. The van der Waals surface area contributed by atoms with Crippen molar-refractivity contribution >= 4 is 0 Å². The predicted molar refractivity (Wildman–Crippen MR) is 103 cm³/mol. The van der Waals surface area contributed by atoms with E-state index in [9.17, 15) is 0 Å². The van der Waals surface area contributed by atoms with Gasteiger partial charge in [-0.15, -0.1) is 0 Å². The summed E-state index contributed by atoms with van der Waals surface area (Å²) in [4.78, 5) is 0. The lowest BCUT2D eigenvalue weighted by atomic mass is 9.92. The molecule has 116 valence electrons. The third-order valence-electron chi connectivity index (χ3n) is 4.71. The summed E-state index contributed by atoms with van der Waals surface area (Å²) >= 11 is 0. The highest BCUT2D eigenvalue weighted by molar-refractivity contribution is 5.96. The van der Waals surface area contributed by atoms with E-state index in [1.54, 1.807) is 0 Å². The fourth-order valence-corrected chi connectivity index (χ4v) is 3.68. The second kappa shape index (κ2) is 5.98. The van der Waals surface area contributed by atoms with E-state index < -0.39 is 0 Å². The van der Waals surface area contributed by atoms with Crippen LogP contribution in [0.2, 0.25) is 0 Å². The van der Waals surface area contributed by atoms with Crippen molar-refractivity contribution in [2.75, 3.05) is 0 Å². The van der Waals surface area contributed by atoms with Gasteiger partial charge in [-0.2, -0.15) is 0 Å². The average molecular weight is 308 g/mol. The van der Waals surface area contributed by atoms with Crippen molar-refractivity contribution in [3.05, 3.63) is 96.1 Å². The summed E-state index contributed by atoms with van der Waals surface area (Å²) in [6.45, 7) is 4.44. The predicted octanol–water partition coefficient (Wildman–Crippen LogP) is 6.74. The van der Waals surface area contributed by atoms with Gasteiger partial charge in [-0.25, -0.2) is 0 Å². The van der Waals surface area contributed by atoms with Crippen molar-refractivity contribution in [3.63, 3.8) is 0 Å². The average Bonchev–Trinajstić information content (AvgIpc) is 2.81. The number of fused-ring (bicyclic) bond motifs is 1. The molecule has 2 aliphatic carbocycles. The van der Waals surface area contributed by atoms with Gasteiger partial charge >= 0.3 is 0 Å². The van der Waals surface area contributed by atoms with E-state index in [1.165, 1.54) is 44.5 Å². The number of aryl methyl sites for hydroxylation is 2. The van der Waals surface area contributed by atoms with Gasteiger partial charge in [0, 0.05) is 0 Å². The molecule has 2 aliphatic rings. The lowest BCUT2D eigenvalue weighted by Gasteiger charge is -2.11. The zero-order chi connectivity index (χ0) is 16.5. The number of hydrogen-bond donors (Lipinski definition) is 0. The van der Waals surface area contributed by atoms with Gasteiger partial charge in [0.1, 0.15) is 0 Å². The smallest absolute Gasteiger partial charge is 0.00671 e. The van der Waals surface area contributed by atoms with Crippen molar-refractivity contribution < 1.29 is 0 Å². The lowest BCUT2D eigenvalue weighted by Crippen LogP contribution is -1.85. The minimum atomic E-state index is 1.27. The number of benzene rings is 2. The Morgan fingerprint density at radius 1 is 0.458 bits per heavy atom. The van der Waals surface area contributed by atoms with Crippen LogP contribution in [-0.4, -0.2) is 0 Å². The van der Waals surface area contributed by atoms with Gasteiger partial charge in [0.25, 0.3) is 0 Å². The summed E-state index contributed by atoms with van der Waals surface area (Å²) in [6, 6.07) is 30.3. The molecule has 0 amide bonds. The molecule has 0 bridgehead atoms. The Hall–Kier alpha value is -2.86. The minimum Gasteiger partial charge on any atom is -0.0622 e. The maximum Gasteiger partial charge on any atom is -0.00671 e. The van der Waals surface area contributed by atoms with Crippen LogP contribution in [0.3, 0.4) is 0 Å². The van der Waals surface area contributed by atoms with Gasteiger partial charge in [0.15, 0.2) is 0 Å². The van der Waals surface area contributed by atoms with Crippen LogP contribution >= 0.6 is 0 Å². The molecule has 0 heteroatoms. The summed E-state index contributed by atoms with van der Waals surface area (Å²) < 4.78 is 0. The third kappa shape index (κ3) is 2.41. The lowest BCUT2D eigenvalue weighted by molar-refractivity contribution is 1.51. The van der Waals surface area contributed by atoms with Gasteiger partial charge in [0.2, 0.25) is 0 Å². The molecule has 24 heavy (non-hydrogen) atoms. The largest absolute Gasteiger partial charge is 0.0622 e. The van der Waals surface area contributed by atoms with E-state index in [4.69, 9.17) is 0 Å². The molecule has 0 saturated carbocycles. The molecule has 0 saturated heterocycles. The van der Waals surface area contributed by atoms with E-state index >= 15 is 0 Å². The molecule has 0 aromatic heterocycles. The first kappa shape index (κ1) is 14.7. The molecule has 0 atom stereocenters. The van der Waals surface area contributed by atoms with Crippen LogP contribution < -0.4 is 0 Å². The topological polar surface area (TPSA) is 0 Å². The Labute approximate surface area is 143 Å². The molecular formula is C24H20. The molecular weight excluding hydrogens is 288 g/mol. The van der Waals surface area contributed by atoms with Gasteiger partial charge < -0.3 is 0 Å². The quantitative estimate of drug-likeness (QED) is 0.384. The molecule has 2 aromatic rings. The van der Waals surface area contributed by atoms with Crippen LogP contribution in [0.25, 0.3) is 33.4 Å². The normalized spacial score (nSPS) is 10.9. The molecule has 0 heterocycles. The highest BCUT2D eigenvalue weighted by Gasteiger charge is 2.19. The van der Waals surface area contributed by atoms with E-state index in [-0.39, 0.29) is 0 Å². The van der Waals surface area contributed by atoms with Crippen LogP contribution in [-0.2, 0) is 0 Å². The van der Waals surface area contributed by atoms with E-state index in [0.717, 1.165) is 0 Å². The van der Waals surface area contributed by atoms with Crippen molar-refractivity contribution in [1.82, 2.24) is 0 Å². The molecule has 0 spiro atoms. The van der Waals surface area contributed by atoms with Gasteiger partial charge in [0.05, 0.1) is 0 Å². The maximum atomic E-state index is 2.31. The highest BCUT2D eigenvalue weighted by Crippen LogP contribution is 2.44. The summed E-state index contributed by atoms with van der Waals surface area (Å²) in [6.07, 6.45) is 0. The standard InChI is InChI=1S/C24H20/c1-17-16-18(2)24-22(20-12-7-4-8-13-20)15-9-14-21(23(17)24)19-10-5-3-6-11-19/h3-16H,1-2H3. The first-order chi connectivity index (χ1) is 11.8. The van der Waals surface area contributed by atoms with Crippen LogP contribution in [0.1, 0.15) is 11.1 Å². The van der Waals surface area contributed by atoms with Crippen LogP contribution in [0.5, 0.6) is 0 Å². The van der Waals surface area contributed by atoms with Crippen molar-refractivity contribution in [1.29, 1.82) is 0 Å². The van der Waals surface area contributed by atoms with Crippen LogP contribution in [0, 0.1) is 13.8 Å². The van der Waals surface area contributed by atoms with Gasteiger partial charge in [-0.1, -0.05) is 84.9 Å². The molecule has 2 aromatic carbocycles. The van der Waals surface area contributed by atoms with Crippen molar-refractivity contribution in [2.45, 2.75) is 13.8 Å². The van der Waals surface area contributed by atoms with Crippen LogP contribution in [0.15, 0.2) is 84.9 Å². The summed E-state index contributed by atoms with van der Waals surface area (Å²) in [5.41, 5.74) is 10.6. The third-order valence-corrected chi connectivity index (χ3v) is 4.71. The second-order valence-electron chi connectivity index (χ2n) is 6.35. The van der Waals surface area contributed by atoms with E-state index in [2.05, 4.69) is 98.8 Å². The summed E-state index contributed by atoms with van der Waals surface area (Å²) in [5.74, 6) is 0. The number of hydrogen-bond acceptors (Lipinski definition) is 0. The summed E-state index contributed by atoms with van der Waals surface area (Å²) in [5, 5.41) is 0. The number of rotatable bonds is 2. The molecule has 0 fully saturated rings. The molecule has 0 radical (unpaired) electrons. The maximum absolute atomic E-state index is 2.31. The fraction of sp³-hybridized carbons (Fsp3) is 0.0833. The zero-order valence-electron chi connectivity index (χ0n) is 14.1. The first-order valence-corrected chi connectivity index (χ1v) is 8.39. The van der Waals surface area contributed by atoms with Gasteiger partial charge in [-0.3, -0.25) is 0 Å². The second-order valence-corrected chi connectivity index (χ2v) is 6.35. The van der Waals surface area contributed by atoms with E-state index in [0.29, 0.717) is 0 Å². The highest BCUT2D eigenvalue weighted by atomic mass is 14.2. The monoisotopic (exact) mass is 308 g/mol. The fourth-order valence-electron chi connectivity index (χ4n) is 3.68. The summed E-state index contributed by atoms with van der Waals surface area (Å²) in [7, 11) is 0. The Kier molecular flexibility index (Phi) is 3.66. The SMILES string of the molecule is Cc1cc(C)c2c(-c3ccccc3)cccc(-c3ccccc3)c1-2. The zero-order valence-corrected chi connectivity index (χ0v) is 14.1. The Morgan fingerprint density at radius 2 is 0.875 bits per heavy atom. The molecule has 0 nitrogen and oxygen atoms in total.